The lowest BCUT2D eigenvalue weighted by atomic mass is 9.78. The summed E-state index contributed by atoms with van der Waals surface area (Å²) in [6, 6.07) is 52.5. The zero-order valence-corrected chi connectivity index (χ0v) is 40.7. The summed E-state index contributed by atoms with van der Waals surface area (Å²) in [5, 5.41) is 0. The van der Waals surface area contributed by atoms with Gasteiger partial charge in [-0.15, -0.1) is 0 Å². The lowest BCUT2D eigenvalue weighted by Gasteiger charge is -2.45. The van der Waals surface area contributed by atoms with Gasteiger partial charge in [-0.3, -0.25) is 0 Å². The van der Waals surface area contributed by atoms with Crippen LogP contribution < -0.4 is 14.4 Å². The van der Waals surface area contributed by atoms with E-state index in [1.54, 1.807) is 30.7 Å². The number of sulfonamides is 1. The SMILES string of the molecule is COCCCN1CCOc2ccc(CO[C@H]3CN(S(=O)(=O)c4ccc(C)cc4)C[C@@H](COC(c4ccccc4)(c4ccccc4)c4ccccc4)[C@@H]3c3ccc(OCCC[C@@H](C)OC)cc3)cc21. The third kappa shape index (κ3) is 11.5. The summed E-state index contributed by atoms with van der Waals surface area (Å²) >= 11 is 0. The van der Waals surface area contributed by atoms with Gasteiger partial charge in [-0.05, 0) is 97.3 Å². The number of aryl methyl sites for hydroxylation is 1. The Morgan fingerprint density at radius 2 is 1.40 bits per heavy atom. The second-order valence-corrected chi connectivity index (χ2v) is 19.9. The molecule has 0 unspecified atom stereocenters. The minimum absolute atomic E-state index is 0.145. The minimum Gasteiger partial charge on any atom is -0.494 e. The van der Waals surface area contributed by atoms with Crippen LogP contribution in [0, 0.1) is 12.8 Å². The lowest BCUT2D eigenvalue weighted by Crippen LogP contribution is -2.53. The van der Waals surface area contributed by atoms with Crippen LogP contribution in [-0.2, 0) is 41.2 Å². The van der Waals surface area contributed by atoms with Gasteiger partial charge in [0.2, 0.25) is 10.0 Å². The van der Waals surface area contributed by atoms with Crippen molar-refractivity contribution in [2.24, 2.45) is 5.92 Å². The Balaban J connectivity index is 1.19. The van der Waals surface area contributed by atoms with Crippen molar-refractivity contribution in [1.82, 2.24) is 4.31 Å². The van der Waals surface area contributed by atoms with Gasteiger partial charge in [0.15, 0.2) is 0 Å². The smallest absolute Gasteiger partial charge is 0.243 e. The first-order chi connectivity index (χ1) is 33.2. The molecule has 1 fully saturated rings. The van der Waals surface area contributed by atoms with Crippen LogP contribution in [0.4, 0.5) is 5.69 Å². The van der Waals surface area contributed by atoms with Crippen LogP contribution in [0.1, 0.15) is 65.5 Å². The fourth-order valence-electron chi connectivity index (χ4n) is 9.63. The molecule has 0 amide bonds. The predicted octanol–water partition coefficient (Wildman–Crippen LogP) is 10.4. The monoisotopic (exact) mass is 938 g/mol. The molecule has 0 spiro atoms. The lowest BCUT2D eigenvalue weighted by molar-refractivity contribution is -0.0667. The van der Waals surface area contributed by atoms with Gasteiger partial charge in [0, 0.05) is 52.3 Å². The zero-order chi connectivity index (χ0) is 47.4. The number of hydrogen-bond acceptors (Lipinski definition) is 9. The Hall–Kier alpha value is -5.53. The summed E-state index contributed by atoms with van der Waals surface area (Å²) in [5.41, 5.74) is 5.88. The molecule has 8 rings (SSSR count). The van der Waals surface area contributed by atoms with E-state index in [1.165, 1.54) is 0 Å². The summed E-state index contributed by atoms with van der Waals surface area (Å²) in [4.78, 5) is 2.59. The van der Waals surface area contributed by atoms with Gasteiger partial charge in [0.25, 0.3) is 0 Å². The molecule has 6 aromatic carbocycles. The fourth-order valence-corrected chi connectivity index (χ4v) is 11.1. The van der Waals surface area contributed by atoms with Crippen molar-refractivity contribution in [3.8, 4) is 11.5 Å². The maximum Gasteiger partial charge on any atom is 0.243 e. The van der Waals surface area contributed by atoms with Crippen LogP contribution >= 0.6 is 0 Å². The van der Waals surface area contributed by atoms with E-state index >= 15 is 0 Å². The van der Waals surface area contributed by atoms with Gasteiger partial charge in [-0.25, -0.2) is 8.42 Å². The predicted molar refractivity (Wildman–Crippen MR) is 268 cm³/mol. The molecule has 0 radical (unpaired) electrons. The quantitative estimate of drug-likeness (QED) is 0.0487. The summed E-state index contributed by atoms with van der Waals surface area (Å²) in [6.45, 7) is 8.32. The molecule has 4 atom stereocenters. The molecule has 0 aliphatic carbocycles. The summed E-state index contributed by atoms with van der Waals surface area (Å²) in [5.74, 6) is 0.975. The van der Waals surface area contributed by atoms with Crippen LogP contribution in [0.3, 0.4) is 0 Å². The Morgan fingerprint density at radius 1 is 0.750 bits per heavy atom. The Bertz CT molecular complexity index is 2480. The normalized spacial score (nSPS) is 18.1. The zero-order valence-electron chi connectivity index (χ0n) is 39.9. The maximum absolute atomic E-state index is 14.9. The second-order valence-electron chi connectivity index (χ2n) is 18.0. The van der Waals surface area contributed by atoms with E-state index in [-0.39, 0.29) is 49.1 Å². The van der Waals surface area contributed by atoms with E-state index in [4.69, 9.17) is 28.4 Å². The summed E-state index contributed by atoms with van der Waals surface area (Å²) in [7, 11) is -0.508. The Morgan fingerprint density at radius 3 is 2.01 bits per heavy atom. The van der Waals surface area contributed by atoms with Crippen molar-refractivity contribution in [3.63, 3.8) is 0 Å². The minimum atomic E-state index is -3.97. The van der Waals surface area contributed by atoms with Gasteiger partial charge < -0.3 is 33.3 Å². The molecule has 10 nitrogen and oxygen atoms in total. The molecule has 11 heteroatoms. The molecule has 68 heavy (non-hydrogen) atoms. The molecular weight excluding hydrogens is 873 g/mol. The second kappa shape index (κ2) is 23.2. The van der Waals surface area contributed by atoms with E-state index < -0.39 is 21.7 Å². The molecule has 2 aliphatic rings. The number of anilines is 1. The topological polar surface area (TPSA) is 96.0 Å². The van der Waals surface area contributed by atoms with E-state index in [0.29, 0.717) is 19.8 Å². The number of ether oxygens (including phenoxy) is 6. The number of nitrogens with zero attached hydrogens (tertiary/aromatic N) is 2. The molecule has 0 N–H and O–H groups in total. The van der Waals surface area contributed by atoms with Crippen molar-refractivity contribution in [2.75, 3.05) is 71.7 Å². The summed E-state index contributed by atoms with van der Waals surface area (Å²) < 4.78 is 69.2. The van der Waals surface area contributed by atoms with E-state index in [0.717, 1.165) is 82.9 Å². The van der Waals surface area contributed by atoms with E-state index in [2.05, 4.69) is 66.4 Å². The van der Waals surface area contributed by atoms with E-state index in [1.807, 2.05) is 97.9 Å². The maximum atomic E-state index is 14.9. The molecule has 1 saturated heterocycles. The van der Waals surface area contributed by atoms with Gasteiger partial charge in [0.05, 0.1) is 49.2 Å². The Labute approximate surface area is 403 Å². The number of methoxy groups -OCH3 is 2. The van der Waals surface area contributed by atoms with Gasteiger partial charge in [-0.2, -0.15) is 4.31 Å². The van der Waals surface area contributed by atoms with E-state index in [9.17, 15) is 8.42 Å². The first-order valence-electron chi connectivity index (χ1n) is 23.9. The van der Waals surface area contributed by atoms with Crippen molar-refractivity contribution < 1.29 is 36.8 Å². The summed E-state index contributed by atoms with van der Waals surface area (Å²) in [6.07, 6.45) is 2.26. The van der Waals surface area contributed by atoms with Crippen LogP contribution in [-0.4, -0.2) is 91.8 Å². The number of rotatable bonds is 22. The van der Waals surface area contributed by atoms with Crippen molar-refractivity contribution in [1.29, 1.82) is 0 Å². The van der Waals surface area contributed by atoms with Crippen molar-refractivity contribution >= 4 is 15.7 Å². The number of fused-ring (bicyclic) bond motifs is 1. The number of hydrogen-bond donors (Lipinski definition) is 0. The molecule has 0 bridgehead atoms. The standard InChI is InChI=1S/C57H66N2O8S/c1-43-23-30-52(31-24-43)68(60,61)59-39-47(42-67-57(48-17-8-5-9-18-48,49-19-10-6-11-20-49)50-21-12-7-13-22-50)56(46-26-28-51(29-27-46)64-36-14-16-44(2)63-4)55(40-59)66-41-45-25-32-54-53(38-45)58(34-37-65-54)33-15-35-62-3/h5-13,17-32,38,44,47,55-56H,14-16,33-37,39-42H2,1-4H3/t44-,47+,55+,56+/m1/s1. The third-order valence-electron chi connectivity index (χ3n) is 13.4. The third-order valence-corrected chi connectivity index (χ3v) is 15.2. The first-order valence-corrected chi connectivity index (χ1v) is 25.4. The number of benzene rings is 6. The first kappa shape index (κ1) is 48.9. The van der Waals surface area contributed by atoms with Crippen LogP contribution in [0.15, 0.2) is 163 Å². The van der Waals surface area contributed by atoms with Gasteiger partial charge in [-0.1, -0.05) is 127 Å². The highest BCUT2D eigenvalue weighted by molar-refractivity contribution is 7.89. The van der Waals surface area contributed by atoms with Gasteiger partial charge >= 0.3 is 0 Å². The highest BCUT2D eigenvalue weighted by atomic mass is 32.2. The molecule has 0 saturated carbocycles. The Kier molecular flexibility index (Phi) is 16.7. The number of piperidine rings is 1. The van der Waals surface area contributed by atoms with Crippen molar-refractivity contribution in [2.45, 2.75) is 68.3 Å². The van der Waals surface area contributed by atoms with Crippen LogP contribution in [0.2, 0.25) is 0 Å². The van der Waals surface area contributed by atoms with Crippen LogP contribution in [0.5, 0.6) is 11.5 Å². The molecule has 0 aromatic heterocycles. The molecule has 6 aromatic rings. The average molecular weight is 939 g/mol. The highest BCUT2D eigenvalue weighted by Gasteiger charge is 2.46. The largest absolute Gasteiger partial charge is 0.494 e. The molecule has 2 aliphatic heterocycles. The average Bonchev–Trinajstić information content (AvgIpc) is 3.38. The molecular formula is C57H66N2O8S. The molecule has 358 valence electrons. The van der Waals surface area contributed by atoms with Crippen LogP contribution in [0.25, 0.3) is 0 Å². The highest BCUT2D eigenvalue weighted by Crippen LogP contribution is 2.44. The molecule has 2 heterocycles. The van der Waals surface area contributed by atoms with Crippen molar-refractivity contribution in [3.05, 3.63) is 191 Å². The van der Waals surface area contributed by atoms with Gasteiger partial charge in [0.1, 0.15) is 23.7 Å². The fraction of sp³-hybridized carbons (Fsp3) is 0.368.